The normalized spacial score (nSPS) is 33.3. The molecule has 1 rings (SSSR count). The summed E-state index contributed by atoms with van der Waals surface area (Å²) in [6.45, 7) is 0.597. The molecule has 24 heavy (non-hydrogen) atoms. The number of hydrogen-bond acceptors (Lipinski definition) is 11. The smallest absolute Gasteiger partial charge is 0.396 e. The van der Waals surface area contributed by atoms with Crippen LogP contribution in [0.4, 0.5) is 0 Å². The molecule has 1 aliphatic heterocycles. The van der Waals surface area contributed by atoms with Crippen molar-refractivity contribution in [1.29, 1.82) is 0 Å². The summed E-state index contributed by atoms with van der Waals surface area (Å²) >= 11 is 0.632. The summed E-state index contributed by atoms with van der Waals surface area (Å²) in [6.07, 6.45) is -5.59. The number of thioether (sulfide) groups is 1. The van der Waals surface area contributed by atoms with Crippen molar-refractivity contribution in [2.24, 2.45) is 11.1 Å². The van der Waals surface area contributed by atoms with Gasteiger partial charge in [-0.15, -0.1) is 0 Å². The fraction of sp³-hybridized carbons (Fsp3) is 0.909. The summed E-state index contributed by atoms with van der Waals surface area (Å²) in [6, 6.07) is 0. The summed E-state index contributed by atoms with van der Waals surface area (Å²) in [4.78, 5) is 0. The maximum Gasteiger partial charge on any atom is 0.466 e. The Morgan fingerprint density at radius 1 is 1.25 bits per heavy atom. The van der Waals surface area contributed by atoms with E-state index in [2.05, 4.69) is 9.44 Å². The Hall–Kier alpha value is -0.510. The number of hydrogen-bond donors (Lipinski definition) is 6. The largest absolute Gasteiger partial charge is 0.466 e. The van der Waals surface area contributed by atoms with Crippen molar-refractivity contribution in [3.05, 3.63) is 0 Å². The van der Waals surface area contributed by atoms with E-state index in [0.29, 0.717) is 18.2 Å². The first-order valence-electron chi connectivity index (χ1n) is 6.96. The average Bonchev–Trinajstić information content (AvgIpc) is 2.52. The van der Waals surface area contributed by atoms with Crippen LogP contribution in [-0.4, -0.2) is 86.6 Å². The number of oxime groups is 1. The average molecular weight is 391 g/mol. The van der Waals surface area contributed by atoms with E-state index in [0.717, 1.165) is 0 Å². The monoisotopic (exact) mass is 391 g/mol. The van der Waals surface area contributed by atoms with Crippen LogP contribution in [0.1, 0.15) is 13.3 Å². The molecule has 1 heterocycles. The highest BCUT2D eigenvalue weighted by atomic mass is 32.3. The molecule has 0 radical (unpaired) electrons. The van der Waals surface area contributed by atoms with Crippen LogP contribution < -0.4 is 0 Å². The molecule has 0 bridgehead atoms. The number of rotatable bonds is 7. The maximum absolute atomic E-state index is 10.7. The maximum atomic E-state index is 10.7. The lowest BCUT2D eigenvalue weighted by Gasteiger charge is -2.39. The number of aliphatic hydroxyl groups excluding tert-OH is 5. The predicted molar refractivity (Wildman–Crippen MR) is 82.3 cm³/mol. The third kappa shape index (κ3) is 5.79. The third-order valence-electron chi connectivity index (χ3n) is 3.37. The Morgan fingerprint density at radius 2 is 1.88 bits per heavy atom. The Labute approximate surface area is 142 Å². The van der Waals surface area contributed by atoms with Crippen molar-refractivity contribution in [3.63, 3.8) is 0 Å². The highest BCUT2D eigenvalue weighted by Gasteiger charge is 2.44. The molecule has 1 fully saturated rings. The number of nitrogens with zero attached hydrogens (tertiary/aromatic N) is 1. The van der Waals surface area contributed by atoms with E-state index >= 15 is 0 Å². The fourth-order valence-corrected chi connectivity index (χ4v) is 3.41. The fourth-order valence-electron chi connectivity index (χ4n) is 1.94. The lowest BCUT2D eigenvalue weighted by Crippen LogP contribution is -2.57. The molecular formula is C11H21NO10S2. The minimum absolute atomic E-state index is 0.123. The van der Waals surface area contributed by atoms with Crippen molar-refractivity contribution >= 4 is 27.2 Å². The van der Waals surface area contributed by atoms with Crippen molar-refractivity contribution in [3.8, 4) is 0 Å². The topological polar surface area (TPSA) is 186 Å². The van der Waals surface area contributed by atoms with E-state index in [9.17, 15) is 28.8 Å². The second-order valence-electron chi connectivity index (χ2n) is 5.03. The second kappa shape index (κ2) is 9.26. The zero-order valence-electron chi connectivity index (χ0n) is 12.7. The minimum Gasteiger partial charge on any atom is -0.396 e. The van der Waals surface area contributed by atoms with Gasteiger partial charge in [-0.3, -0.25) is 4.55 Å². The Kier molecular flexibility index (Phi) is 8.31. The van der Waals surface area contributed by atoms with Crippen LogP contribution in [-0.2, 0) is 19.4 Å². The van der Waals surface area contributed by atoms with Crippen LogP contribution >= 0.6 is 11.8 Å². The molecule has 0 unspecified atom stereocenters. The second-order valence-corrected chi connectivity index (χ2v) is 7.16. The number of ether oxygens (including phenoxy) is 1. The van der Waals surface area contributed by atoms with Gasteiger partial charge in [0.1, 0.15) is 34.9 Å². The summed E-state index contributed by atoms with van der Waals surface area (Å²) < 4.78 is 39.1. The lowest BCUT2D eigenvalue weighted by atomic mass is 10.0. The van der Waals surface area contributed by atoms with Crippen molar-refractivity contribution < 1.29 is 47.5 Å². The molecule has 142 valence electrons. The van der Waals surface area contributed by atoms with Gasteiger partial charge in [0.15, 0.2) is 0 Å². The van der Waals surface area contributed by atoms with Gasteiger partial charge >= 0.3 is 10.4 Å². The molecule has 0 saturated carbocycles. The summed E-state index contributed by atoms with van der Waals surface area (Å²) in [5, 5.41) is 51.0. The summed E-state index contributed by atoms with van der Waals surface area (Å²) in [5.74, 6) is -0.691. The molecule has 0 aromatic rings. The standard InChI is InChI=1S/C11H21NO10S2/c1-2-5(3-13)10(12-22-24(18,19)20)23-11-9(17)8(16)7(15)6(4-14)21-11/h5-9,11,13-17H,2-4H2,1H3,(H,18,19,20)/b12-10-/t5-,6-,7-,8+,9-,11+/m1/s1. The quantitative estimate of drug-likeness (QED) is 0.118. The molecule has 1 aliphatic rings. The van der Waals surface area contributed by atoms with Gasteiger partial charge in [-0.1, -0.05) is 23.8 Å². The summed E-state index contributed by atoms with van der Waals surface area (Å²) in [5.41, 5.74) is -1.23. The van der Waals surface area contributed by atoms with E-state index in [-0.39, 0.29) is 5.04 Å². The van der Waals surface area contributed by atoms with Crippen LogP contribution in [0, 0.1) is 5.92 Å². The lowest BCUT2D eigenvalue weighted by molar-refractivity contribution is -0.205. The van der Waals surface area contributed by atoms with E-state index in [1.807, 2.05) is 0 Å². The third-order valence-corrected chi connectivity index (χ3v) is 4.90. The zero-order valence-corrected chi connectivity index (χ0v) is 14.3. The van der Waals surface area contributed by atoms with E-state index in [4.69, 9.17) is 14.4 Å². The molecule has 0 amide bonds. The van der Waals surface area contributed by atoms with Crippen molar-refractivity contribution in [1.82, 2.24) is 0 Å². The first-order chi connectivity index (χ1) is 11.1. The van der Waals surface area contributed by atoms with Gasteiger partial charge in [-0.2, -0.15) is 8.42 Å². The molecule has 11 nitrogen and oxygen atoms in total. The SMILES string of the molecule is CC[C@H](CO)/C(=N/OS(=O)(=O)O)S[C@@H]1O[C@H](CO)[C@@H](O)[C@H](O)[C@H]1O. The number of aliphatic hydroxyl groups is 5. The van der Waals surface area contributed by atoms with Crippen LogP contribution in [0.5, 0.6) is 0 Å². The van der Waals surface area contributed by atoms with Crippen LogP contribution in [0.15, 0.2) is 5.16 Å². The van der Waals surface area contributed by atoms with Gasteiger partial charge in [0, 0.05) is 5.92 Å². The van der Waals surface area contributed by atoms with E-state index < -0.39 is 59.4 Å². The highest BCUT2D eigenvalue weighted by Crippen LogP contribution is 2.31. The van der Waals surface area contributed by atoms with Crippen molar-refractivity contribution in [2.45, 2.75) is 43.2 Å². The first-order valence-corrected chi connectivity index (χ1v) is 9.21. The van der Waals surface area contributed by atoms with Gasteiger partial charge in [-0.05, 0) is 6.42 Å². The molecule has 6 N–H and O–H groups in total. The first kappa shape index (κ1) is 21.5. The zero-order chi connectivity index (χ0) is 18.5. The Balaban J connectivity index is 2.99. The molecule has 6 atom stereocenters. The van der Waals surface area contributed by atoms with E-state index in [1.165, 1.54) is 0 Å². The van der Waals surface area contributed by atoms with Gasteiger partial charge in [0.25, 0.3) is 0 Å². The van der Waals surface area contributed by atoms with Crippen LogP contribution in [0.25, 0.3) is 0 Å². The Bertz CT molecular complexity index is 521. The highest BCUT2D eigenvalue weighted by molar-refractivity contribution is 8.14. The molecule has 0 aromatic heterocycles. The Morgan fingerprint density at radius 3 is 2.33 bits per heavy atom. The predicted octanol–water partition coefficient (Wildman–Crippen LogP) is -2.33. The van der Waals surface area contributed by atoms with Gasteiger partial charge in [0.2, 0.25) is 0 Å². The molecule has 1 saturated heterocycles. The molecule has 0 aliphatic carbocycles. The van der Waals surface area contributed by atoms with Gasteiger partial charge < -0.3 is 30.3 Å². The molecule has 0 aromatic carbocycles. The minimum atomic E-state index is -4.87. The van der Waals surface area contributed by atoms with E-state index in [1.54, 1.807) is 6.92 Å². The van der Waals surface area contributed by atoms with Gasteiger partial charge in [-0.25, -0.2) is 4.28 Å². The molecule has 13 heteroatoms. The van der Waals surface area contributed by atoms with Crippen LogP contribution in [0.2, 0.25) is 0 Å². The van der Waals surface area contributed by atoms with Crippen molar-refractivity contribution in [2.75, 3.05) is 13.2 Å². The van der Waals surface area contributed by atoms with Crippen LogP contribution in [0.3, 0.4) is 0 Å². The van der Waals surface area contributed by atoms with Gasteiger partial charge in [0.05, 0.1) is 13.2 Å². The summed E-state index contributed by atoms with van der Waals surface area (Å²) in [7, 11) is -4.87. The molecule has 0 spiro atoms. The molecular weight excluding hydrogens is 370 g/mol.